The fourth-order valence-electron chi connectivity index (χ4n) is 1.10. The van der Waals surface area contributed by atoms with Gasteiger partial charge in [0, 0.05) is 22.8 Å². The van der Waals surface area contributed by atoms with Crippen molar-refractivity contribution < 1.29 is 0 Å². The van der Waals surface area contributed by atoms with E-state index in [9.17, 15) is 0 Å². The number of nitrogens with one attached hydrogen (secondary N) is 1. The molecule has 2 nitrogen and oxygen atoms in total. The van der Waals surface area contributed by atoms with E-state index in [1.54, 1.807) is 6.20 Å². The first-order chi connectivity index (χ1) is 5.27. The fraction of sp³-hybridized carbons (Fsp3) is 0. The summed E-state index contributed by atoms with van der Waals surface area (Å²) in [5.41, 5.74) is 7.33. The zero-order chi connectivity index (χ0) is 7.84. The molecule has 0 aliphatic heterocycles. The van der Waals surface area contributed by atoms with Gasteiger partial charge in [0.15, 0.2) is 0 Å². The van der Waals surface area contributed by atoms with Crippen LogP contribution in [0.2, 0.25) is 5.02 Å². The molecule has 0 spiro atoms. The number of hydrogen-bond acceptors (Lipinski definition) is 1. The predicted molar refractivity (Wildman–Crippen MR) is 47.7 cm³/mol. The maximum absolute atomic E-state index is 5.86. The van der Waals surface area contributed by atoms with Crippen LogP contribution in [0.15, 0.2) is 24.4 Å². The smallest absolute Gasteiger partial charge is 0.0659 e. The Morgan fingerprint density at radius 3 is 3.00 bits per heavy atom. The molecule has 0 atom stereocenters. The third kappa shape index (κ3) is 0.955. The summed E-state index contributed by atoms with van der Waals surface area (Å²) in [6.07, 6.45) is 1.76. The highest BCUT2D eigenvalue weighted by atomic mass is 35.5. The summed E-state index contributed by atoms with van der Waals surface area (Å²) >= 11 is 5.86. The van der Waals surface area contributed by atoms with E-state index in [1.807, 2.05) is 18.2 Å². The van der Waals surface area contributed by atoms with Crippen molar-refractivity contribution in [1.82, 2.24) is 4.98 Å². The van der Waals surface area contributed by atoms with Gasteiger partial charge in [-0.25, -0.2) is 0 Å². The summed E-state index contributed by atoms with van der Waals surface area (Å²) in [5, 5.41) is 1.69. The second-order valence-corrected chi connectivity index (χ2v) is 2.85. The predicted octanol–water partition coefficient (Wildman–Crippen LogP) is 2.40. The molecule has 0 bridgehead atoms. The molecule has 0 saturated carbocycles. The van der Waals surface area contributed by atoms with E-state index >= 15 is 0 Å². The highest BCUT2D eigenvalue weighted by molar-refractivity contribution is 6.35. The molecule has 0 saturated heterocycles. The summed E-state index contributed by atoms with van der Waals surface area (Å²) in [7, 11) is 0. The molecule has 0 radical (unpaired) electrons. The Bertz CT molecular complexity index is 392. The Labute approximate surface area is 69.0 Å². The molecule has 0 fully saturated rings. The lowest BCUT2D eigenvalue weighted by molar-refractivity contribution is 1.48. The lowest BCUT2D eigenvalue weighted by atomic mass is 10.2. The van der Waals surface area contributed by atoms with E-state index < -0.39 is 0 Å². The van der Waals surface area contributed by atoms with Crippen LogP contribution in [0.25, 0.3) is 10.9 Å². The number of aromatic nitrogens is 1. The van der Waals surface area contributed by atoms with Gasteiger partial charge < -0.3 is 10.7 Å². The third-order valence-corrected chi connectivity index (χ3v) is 1.97. The van der Waals surface area contributed by atoms with Gasteiger partial charge in [-0.15, -0.1) is 0 Å². The second kappa shape index (κ2) is 2.17. The largest absolute Gasteiger partial charge is 0.399 e. The number of halogens is 1. The monoisotopic (exact) mass is 166 g/mol. The van der Waals surface area contributed by atoms with Crippen molar-refractivity contribution >= 4 is 28.2 Å². The quantitative estimate of drug-likeness (QED) is 0.580. The van der Waals surface area contributed by atoms with Gasteiger partial charge in [-0.05, 0) is 18.2 Å². The van der Waals surface area contributed by atoms with Crippen molar-refractivity contribution in [2.75, 3.05) is 5.73 Å². The fourth-order valence-corrected chi connectivity index (χ4v) is 1.32. The maximum atomic E-state index is 5.86. The average Bonchev–Trinajstić information content (AvgIpc) is 2.33. The van der Waals surface area contributed by atoms with Gasteiger partial charge in [-0.2, -0.15) is 0 Å². The standard InChI is InChI=1S/C8H7ClN2/c9-7-4-11-8-2-1-5(10)3-6(7)8/h1-4,11H,10H2. The van der Waals surface area contributed by atoms with Crippen LogP contribution in [0.5, 0.6) is 0 Å². The molecule has 0 aliphatic carbocycles. The van der Waals surface area contributed by atoms with Crippen LogP contribution in [-0.2, 0) is 0 Å². The van der Waals surface area contributed by atoms with Crippen molar-refractivity contribution in [2.45, 2.75) is 0 Å². The van der Waals surface area contributed by atoms with Crippen molar-refractivity contribution in [1.29, 1.82) is 0 Å². The third-order valence-electron chi connectivity index (χ3n) is 1.66. The van der Waals surface area contributed by atoms with Crippen molar-refractivity contribution in [3.63, 3.8) is 0 Å². The first kappa shape index (κ1) is 6.55. The number of hydrogen-bond donors (Lipinski definition) is 2. The molecule has 0 unspecified atom stereocenters. The van der Waals surface area contributed by atoms with Gasteiger partial charge in [0.05, 0.1) is 5.02 Å². The lowest BCUT2D eigenvalue weighted by Crippen LogP contribution is -1.81. The number of fused-ring (bicyclic) bond motifs is 1. The molecule has 3 N–H and O–H groups in total. The average molecular weight is 167 g/mol. The molecule has 1 aromatic heterocycles. The molecule has 11 heavy (non-hydrogen) atoms. The molecule has 3 heteroatoms. The molecule has 0 amide bonds. The number of nitrogen functional groups attached to an aromatic ring is 1. The minimum absolute atomic E-state index is 0.715. The van der Waals surface area contributed by atoms with Gasteiger partial charge in [0.25, 0.3) is 0 Å². The number of anilines is 1. The summed E-state index contributed by atoms with van der Waals surface area (Å²) < 4.78 is 0. The Morgan fingerprint density at radius 2 is 2.18 bits per heavy atom. The van der Waals surface area contributed by atoms with E-state index in [1.165, 1.54) is 0 Å². The summed E-state index contributed by atoms with van der Waals surface area (Å²) in [5.74, 6) is 0. The van der Waals surface area contributed by atoms with Crippen LogP contribution in [0.1, 0.15) is 0 Å². The van der Waals surface area contributed by atoms with Crippen LogP contribution in [-0.4, -0.2) is 4.98 Å². The Morgan fingerprint density at radius 1 is 1.36 bits per heavy atom. The van der Waals surface area contributed by atoms with Gasteiger partial charge in [0.2, 0.25) is 0 Å². The van der Waals surface area contributed by atoms with E-state index in [2.05, 4.69) is 4.98 Å². The van der Waals surface area contributed by atoms with Gasteiger partial charge in [-0.1, -0.05) is 11.6 Å². The minimum Gasteiger partial charge on any atom is -0.399 e. The van der Waals surface area contributed by atoms with Crippen molar-refractivity contribution in [2.24, 2.45) is 0 Å². The number of H-pyrrole nitrogens is 1. The van der Waals surface area contributed by atoms with Crippen LogP contribution in [0.4, 0.5) is 5.69 Å². The molecule has 2 rings (SSSR count). The topological polar surface area (TPSA) is 41.8 Å². The zero-order valence-corrected chi connectivity index (χ0v) is 6.52. The molecule has 2 aromatic rings. The van der Waals surface area contributed by atoms with Crippen LogP contribution in [0.3, 0.4) is 0 Å². The Balaban J connectivity index is 2.87. The summed E-state index contributed by atoms with van der Waals surface area (Å²) in [4.78, 5) is 3.03. The number of nitrogens with two attached hydrogens (primary N) is 1. The Kier molecular flexibility index (Phi) is 1.29. The Hall–Kier alpha value is -1.15. The molecular formula is C8H7ClN2. The highest BCUT2D eigenvalue weighted by Crippen LogP contribution is 2.24. The lowest BCUT2D eigenvalue weighted by Gasteiger charge is -1.92. The van der Waals surface area contributed by atoms with Crippen LogP contribution in [0, 0.1) is 0 Å². The first-order valence-corrected chi connectivity index (χ1v) is 3.67. The summed E-state index contributed by atoms with van der Waals surface area (Å²) in [6, 6.07) is 5.61. The van der Waals surface area contributed by atoms with Gasteiger partial charge in [-0.3, -0.25) is 0 Å². The molecule has 1 heterocycles. The van der Waals surface area contributed by atoms with Gasteiger partial charge >= 0.3 is 0 Å². The minimum atomic E-state index is 0.715. The molecule has 1 aromatic carbocycles. The van der Waals surface area contributed by atoms with Crippen LogP contribution < -0.4 is 5.73 Å². The number of rotatable bonds is 0. The van der Waals surface area contributed by atoms with Crippen LogP contribution >= 0.6 is 11.6 Å². The maximum Gasteiger partial charge on any atom is 0.0659 e. The molecule has 0 aliphatic rings. The summed E-state index contributed by atoms with van der Waals surface area (Å²) in [6.45, 7) is 0. The normalized spacial score (nSPS) is 10.6. The van der Waals surface area contributed by atoms with E-state index in [0.29, 0.717) is 5.02 Å². The second-order valence-electron chi connectivity index (χ2n) is 2.44. The highest BCUT2D eigenvalue weighted by Gasteiger charge is 1.99. The van der Waals surface area contributed by atoms with Gasteiger partial charge in [0.1, 0.15) is 0 Å². The number of aromatic amines is 1. The van der Waals surface area contributed by atoms with E-state index in [4.69, 9.17) is 17.3 Å². The SMILES string of the molecule is Nc1ccc2[nH]cc(Cl)c2c1. The van der Waals surface area contributed by atoms with E-state index in [0.717, 1.165) is 16.6 Å². The van der Waals surface area contributed by atoms with Crippen molar-refractivity contribution in [3.8, 4) is 0 Å². The molecule has 56 valence electrons. The number of benzene rings is 1. The zero-order valence-electron chi connectivity index (χ0n) is 5.76. The van der Waals surface area contributed by atoms with Crippen molar-refractivity contribution in [3.05, 3.63) is 29.4 Å². The molecular weight excluding hydrogens is 160 g/mol. The van der Waals surface area contributed by atoms with E-state index in [-0.39, 0.29) is 0 Å². The first-order valence-electron chi connectivity index (χ1n) is 3.29.